The largest absolute Gasteiger partial charge is 0.448 e. The highest BCUT2D eigenvalue weighted by Gasteiger charge is 2.23. The van der Waals surface area contributed by atoms with Crippen molar-refractivity contribution in [3.63, 3.8) is 0 Å². The fourth-order valence-corrected chi connectivity index (χ4v) is 3.96. The van der Waals surface area contributed by atoms with E-state index in [1.165, 1.54) is 33.9 Å². The number of nitrogens with one attached hydrogen (secondary N) is 1. The van der Waals surface area contributed by atoms with Gasteiger partial charge >= 0.3 is 5.97 Å². The summed E-state index contributed by atoms with van der Waals surface area (Å²) in [5.74, 6) is -1.06. The zero-order valence-electron chi connectivity index (χ0n) is 14.0. The van der Waals surface area contributed by atoms with Crippen LogP contribution in [0.15, 0.2) is 30.3 Å². The lowest BCUT2D eigenvalue weighted by Crippen LogP contribution is -2.36. The highest BCUT2D eigenvalue weighted by Crippen LogP contribution is 2.31. The van der Waals surface area contributed by atoms with Crippen LogP contribution in [0.5, 0.6) is 0 Å². The number of thiophene rings is 1. The molecule has 6 heteroatoms. The Morgan fingerprint density at radius 2 is 2.04 bits per heavy atom. The summed E-state index contributed by atoms with van der Waals surface area (Å²) >= 11 is 1.46. The van der Waals surface area contributed by atoms with Crippen LogP contribution < -0.4 is 5.32 Å². The van der Waals surface area contributed by atoms with Gasteiger partial charge in [-0.3, -0.25) is 4.79 Å². The molecule has 1 atom stereocenters. The Kier molecular flexibility index (Phi) is 5.48. The number of hydrogen-bond acceptors (Lipinski definition) is 4. The van der Waals surface area contributed by atoms with E-state index in [-0.39, 0.29) is 11.7 Å². The van der Waals surface area contributed by atoms with Crippen LogP contribution in [-0.4, -0.2) is 24.5 Å². The maximum Gasteiger partial charge on any atom is 0.349 e. The maximum absolute atomic E-state index is 12.8. The van der Waals surface area contributed by atoms with Gasteiger partial charge in [-0.25, -0.2) is 9.18 Å². The molecule has 1 aliphatic carbocycles. The second kappa shape index (κ2) is 7.78. The minimum Gasteiger partial charge on any atom is -0.448 e. The third kappa shape index (κ3) is 4.45. The highest BCUT2D eigenvalue weighted by molar-refractivity contribution is 7.14. The Balaban J connectivity index is 1.45. The lowest BCUT2D eigenvalue weighted by molar-refractivity contribution is -0.129. The van der Waals surface area contributed by atoms with Crippen LogP contribution in [-0.2, 0) is 28.8 Å². The minimum atomic E-state index is -0.849. The van der Waals surface area contributed by atoms with Crippen molar-refractivity contribution in [3.8, 4) is 0 Å². The molecule has 2 aromatic rings. The van der Waals surface area contributed by atoms with E-state index in [4.69, 9.17) is 4.74 Å². The number of aryl methyl sites for hydroxylation is 2. The summed E-state index contributed by atoms with van der Waals surface area (Å²) in [5.41, 5.74) is 2.16. The van der Waals surface area contributed by atoms with E-state index >= 15 is 0 Å². The van der Waals surface area contributed by atoms with E-state index in [0.29, 0.717) is 17.8 Å². The van der Waals surface area contributed by atoms with Gasteiger partial charge in [0.1, 0.15) is 10.7 Å². The van der Waals surface area contributed by atoms with Gasteiger partial charge in [0.05, 0.1) is 0 Å². The molecule has 0 spiro atoms. The lowest BCUT2D eigenvalue weighted by Gasteiger charge is -2.13. The second-order valence-electron chi connectivity index (χ2n) is 6.13. The van der Waals surface area contributed by atoms with Gasteiger partial charge in [-0.05, 0) is 61.9 Å². The molecule has 1 aliphatic rings. The van der Waals surface area contributed by atoms with E-state index in [2.05, 4.69) is 5.32 Å². The summed E-state index contributed by atoms with van der Waals surface area (Å²) in [4.78, 5) is 26.0. The predicted molar refractivity (Wildman–Crippen MR) is 94.3 cm³/mol. The standard InChI is InChI=1S/C19H20FNO3S/c1-12(18(22)21-10-9-13-5-7-15(20)8-6-13)24-19(23)17-11-14-3-2-4-16(14)25-17/h5-8,11-12H,2-4,9-10H2,1H3,(H,21,22)/t12-/m1/s1. The van der Waals surface area contributed by atoms with Crippen LogP contribution in [0.2, 0.25) is 0 Å². The molecule has 0 fully saturated rings. The van der Waals surface area contributed by atoms with Crippen LogP contribution in [0.3, 0.4) is 0 Å². The van der Waals surface area contributed by atoms with Gasteiger partial charge in [0, 0.05) is 11.4 Å². The zero-order valence-corrected chi connectivity index (χ0v) is 14.8. The molecule has 0 bridgehead atoms. The van der Waals surface area contributed by atoms with Crippen LogP contribution in [0.4, 0.5) is 4.39 Å². The maximum atomic E-state index is 12.8. The number of ether oxygens (including phenoxy) is 1. The molecule has 1 aromatic carbocycles. The molecule has 0 radical (unpaired) electrons. The van der Waals surface area contributed by atoms with Gasteiger partial charge in [0.25, 0.3) is 5.91 Å². The minimum absolute atomic E-state index is 0.284. The van der Waals surface area contributed by atoms with Crippen molar-refractivity contribution >= 4 is 23.2 Å². The average Bonchev–Trinajstić information content (AvgIpc) is 3.18. The number of esters is 1. The molecule has 132 valence electrons. The molecule has 0 saturated heterocycles. The molecular formula is C19H20FNO3S. The van der Waals surface area contributed by atoms with E-state index in [1.807, 2.05) is 6.07 Å². The monoisotopic (exact) mass is 361 g/mol. The van der Waals surface area contributed by atoms with Gasteiger partial charge in [-0.15, -0.1) is 11.3 Å². The van der Waals surface area contributed by atoms with Gasteiger partial charge < -0.3 is 10.1 Å². The molecule has 4 nitrogen and oxygen atoms in total. The van der Waals surface area contributed by atoms with Crippen molar-refractivity contribution in [1.29, 1.82) is 0 Å². The van der Waals surface area contributed by atoms with Crippen LogP contribution in [0.1, 0.15) is 39.0 Å². The van der Waals surface area contributed by atoms with Gasteiger partial charge in [-0.2, -0.15) is 0 Å². The Labute approximate surface area is 150 Å². The smallest absolute Gasteiger partial charge is 0.349 e. The number of carbonyl (C=O) groups excluding carboxylic acids is 2. The Hall–Kier alpha value is -2.21. The van der Waals surface area contributed by atoms with E-state index in [9.17, 15) is 14.0 Å². The van der Waals surface area contributed by atoms with E-state index in [1.54, 1.807) is 19.1 Å². The average molecular weight is 361 g/mol. The number of hydrogen-bond donors (Lipinski definition) is 1. The fourth-order valence-electron chi connectivity index (χ4n) is 2.83. The van der Waals surface area contributed by atoms with Gasteiger partial charge in [0.2, 0.25) is 0 Å². The Bertz CT molecular complexity index is 748. The number of benzene rings is 1. The first-order valence-corrected chi connectivity index (χ1v) is 9.19. The third-order valence-electron chi connectivity index (χ3n) is 4.23. The first-order valence-electron chi connectivity index (χ1n) is 8.37. The quantitative estimate of drug-likeness (QED) is 0.804. The molecular weight excluding hydrogens is 341 g/mol. The fraction of sp³-hybridized carbons (Fsp3) is 0.368. The Morgan fingerprint density at radius 1 is 1.28 bits per heavy atom. The van der Waals surface area contributed by atoms with Crippen molar-refractivity contribution in [2.45, 2.75) is 38.7 Å². The molecule has 0 unspecified atom stereocenters. The number of halogens is 1. The molecule has 0 saturated carbocycles. The summed E-state index contributed by atoms with van der Waals surface area (Å²) in [6.07, 6.45) is 2.91. The number of rotatable bonds is 6. The highest BCUT2D eigenvalue weighted by atomic mass is 32.1. The SMILES string of the molecule is C[C@@H](OC(=O)c1cc2c(s1)CCC2)C(=O)NCCc1ccc(F)cc1. The van der Waals surface area contributed by atoms with Crippen LogP contribution >= 0.6 is 11.3 Å². The summed E-state index contributed by atoms with van der Waals surface area (Å²) in [7, 11) is 0. The Morgan fingerprint density at radius 3 is 2.76 bits per heavy atom. The van der Waals surface area contributed by atoms with Gasteiger partial charge in [-0.1, -0.05) is 12.1 Å². The predicted octanol–water partition coefficient (Wildman–Crippen LogP) is 3.28. The van der Waals surface area contributed by atoms with Crippen molar-refractivity contribution in [2.24, 2.45) is 0 Å². The third-order valence-corrected chi connectivity index (χ3v) is 5.44. The molecule has 1 heterocycles. The number of carbonyl (C=O) groups is 2. The van der Waals surface area contributed by atoms with Crippen LogP contribution in [0.25, 0.3) is 0 Å². The normalized spacial score (nSPS) is 14.0. The zero-order chi connectivity index (χ0) is 17.8. The van der Waals surface area contributed by atoms with Crippen molar-refractivity contribution in [1.82, 2.24) is 5.32 Å². The van der Waals surface area contributed by atoms with Crippen LogP contribution in [0, 0.1) is 5.82 Å². The number of fused-ring (bicyclic) bond motifs is 1. The summed E-state index contributed by atoms with van der Waals surface area (Å²) in [6, 6.07) is 8.02. The van der Waals surface area contributed by atoms with E-state index in [0.717, 1.165) is 24.8 Å². The summed E-state index contributed by atoms with van der Waals surface area (Å²) in [5, 5.41) is 2.73. The lowest BCUT2D eigenvalue weighted by atomic mass is 10.1. The second-order valence-corrected chi connectivity index (χ2v) is 7.26. The van der Waals surface area contributed by atoms with Crippen molar-refractivity contribution in [3.05, 3.63) is 57.0 Å². The summed E-state index contributed by atoms with van der Waals surface area (Å²) in [6.45, 7) is 1.96. The first-order chi connectivity index (χ1) is 12.0. The van der Waals surface area contributed by atoms with Crippen molar-refractivity contribution in [2.75, 3.05) is 6.54 Å². The number of amides is 1. The first kappa shape index (κ1) is 17.6. The molecule has 1 N–H and O–H groups in total. The topological polar surface area (TPSA) is 55.4 Å². The molecule has 1 aromatic heterocycles. The van der Waals surface area contributed by atoms with Gasteiger partial charge in [0.15, 0.2) is 6.10 Å². The van der Waals surface area contributed by atoms with Crippen molar-refractivity contribution < 1.29 is 18.7 Å². The molecule has 25 heavy (non-hydrogen) atoms. The molecule has 3 rings (SSSR count). The molecule has 0 aliphatic heterocycles. The van der Waals surface area contributed by atoms with E-state index < -0.39 is 12.1 Å². The summed E-state index contributed by atoms with van der Waals surface area (Å²) < 4.78 is 18.1. The molecule has 1 amide bonds.